The van der Waals surface area contributed by atoms with Gasteiger partial charge in [-0.2, -0.15) is 0 Å². The maximum atomic E-state index is 8.89. The number of amidine groups is 2. The highest BCUT2D eigenvalue weighted by molar-refractivity contribution is 6.40. The van der Waals surface area contributed by atoms with Crippen LogP contribution in [-0.2, 0) is 0 Å². The Kier molecular flexibility index (Phi) is 2.55. The summed E-state index contributed by atoms with van der Waals surface area (Å²) in [6.07, 6.45) is -2.89. The van der Waals surface area contributed by atoms with Crippen LogP contribution in [0.2, 0.25) is 0 Å². The highest BCUT2D eigenvalue weighted by Crippen LogP contribution is 2.03. The molecule has 68 valence electrons. The van der Waals surface area contributed by atoms with Crippen molar-refractivity contribution in [3.63, 3.8) is 0 Å². The minimum atomic E-state index is -1.45. The van der Waals surface area contributed by atoms with Gasteiger partial charge in [-0.15, -0.1) is 0 Å². The second-order valence-corrected chi connectivity index (χ2v) is 2.01. The number of aliphatic imine (C=N–C) groups is 2. The average molecular weight is 176 g/mol. The van der Waals surface area contributed by atoms with E-state index in [2.05, 4.69) is 9.98 Å². The number of hydrogen-bond acceptors (Lipinski definition) is 8. The topological polar surface area (TPSA) is 130 Å². The maximum absolute atomic E-state index is 8.89. The van der Waals surface area contributed by atoms with Crippen LogP contribution in [0.4, 0.5) is 0 Å². The fourth-order valence-corrected chi connectivity index (χ4v) is 0.684. The molecule has 0 amide bonds. The minimum Gasteiger partial charge on any atom is -0.368 e. The molecular formula is C4H8N4O4. The van der Waals surface area contributed by atoms with E-state index >= 15 is 0 Å². The van der Waals surface area contributed by atoms with Crippen molar-refractivity contribution in [3.05, 3.63) is 0 Å². The summed E-state index contributed by atoms with van der Waals surface area (Å²) >= 11 is 0. The van der Waals surface area contributed by atoms with Crippen molar-refractivity contribution < 1.29 is 20.6 Å². The van der Waals surface area contributed by atoms with E-state index in [1.54, 1.807) is 11.0 Å². The van der Waals surface area contributed by atoms with Crippen LogP contribution in [0.1, 0.15) is 0 Å². The van der Waals surface area contributed by atoms with Gasteiger partial charge in [0.1, 0.15) is 0 Å². The van der Waals surface area contributed by atoms with Gasteiger partial charge in [0.2, 0.25) is 0 Å². The highest BCUT2D eigenvalue weighted by atomic mass is 16.5. The van der Waals surface area contributed by atoms with Crippen LogP contribution >= 0.6 is 0 Å². The molecule has 1 heterocycles. The second-order valence-electron chi connectivity index (χ2n) is 2.01. The van der Waals surface area contributed by atoms with Crippen molar-refractivity contribution in [2.24, 2.45) is 9.98 Å². The summed E-state index contributed by atoms with van der Waals surface area (Å²) in [7, 11) is 0. The van der Waals surface area contributed by atoms with Gasteiger partial charge in [0.25, 0.3) is 0 Å². The van der Waals surface area contributed by atoms with E-state index in [1.165, 1.54) is 0 Å². The molecule has 0 radical (unpaired) electrons. The lowest BCUT2D eigenvalue weighted by Crippen LogP contribution is -2.44. The van der Waals surface area contributed by atoms with E-state index in [9.17, 15) is 0 Å². The lowest BCUT2D eigenvalue weighted by molar-refractivity contribution is 0.0275. The van der Waals surface area contributed by atoms with E-state index in [0.717, 1.165) is 0 Å². The molecule has 2 atom stereocenters. The summed E-state index contributed by atoms with van der Waals surface area (Å²) in [4.78, 5) is 6.68. The van der Waals surface area contributed by atoms with Crippen LogP contribution in [0.3, 0.4) is 0 Å². The predicted octanol–water partition coefficient (Wildman–Crippen LogP) is -2.61. The van der Waals surface area contributed by atoms with Crippen LogP contribution in [0.25, 0.3) is 0 Å². The van der Waals surface area contributed by atoms with Gasteiger partial charge in [-0.1, -0.05) is 0 Å². The van der Waals surface area contributed by atoms with E-state index in [-0.39, 0.29) is 11.7 Å². The number of nitrogens with zero attached hydrogens (tertiary/aromatic N) is 2. The molecule has 0 bridgehead atoms. The fraction of sp³-hybridized carbons (Fsp3) is 0.500. The van der Waals surface area contributed by atoms with Crippen molar-refractivity contribution in [2.75, 3.05) is 0 Å². The molecule has 1 aliphatic rings. The summed E-state index contributed by atoms with van der Waals surface area (Å²) < 4.78 is 0. The zero-order chi connectivity index (χ0) is 9.14. The Morgan fingerprint density at radius 3 is 1.50 bits per heavy atom. The van der Waals surface area contributed by atoms with E-state index < -0.39 is 12.5 Å². The van der Waals surface area contributed by atoms with Crippen LogP contribution in [0.15, 0.2) is 9.98 Å². The number of nitrogens with one attached hydrogen (secondary N) is 2. The third kappa shape index (κ3) is 1.51. The molecule has 0 aromatic carbocycles. The van der Waals surface area contributed by atoms with Crippen molar-refractivity contribution in [3.8, 4) is 0 Å². The van der Waals surface area contributed by atoms with E-state index in [1.807, 2.05) is 0 Å². The average Bonchev–Trinajstić information content (AvgIpc) is 2.09. The SMILES string of the molecule is ONC1=N[C@@H](O)[C@@H](O)N=C1NO. The van der Waals surface area contributed by atoms with E-state index in [0.29, 0.717) is 0 Å². The van der Waals surface area contributed by atoms with E-state index in [4.69, 9.17) is 20.6 Å². The molecule has 0 fully saturated rings. The number of rotatable bonds is 0. The standard InChI is InChI=1S/C4H8N4O4/c9-3-4(10)6-2(8-12)1(5-3)7-11/h3-4,9-12H,(H,5,7)(H,6,8)/t3-,4+. The molecule has 0 unspecified atom stereocenters. The highest BCUT2D eigenvalue weighted by Gasteiger charge is 2.23. The smallest absolute Gasteiger partial charge is 0.194 e. The molecule has 0 aromatic heterocycles. The Hall–Kier alpha value is -1.22. The normalized spacial score (nSPS) is 29.0. The lowest BCUT2D eigenvalue weighted by Gasteiger charge is -2.18. The van der Waals surface area contributed by atoms with Crippen LogP contribution in [0.5, 0.6) is 0 Å². The van der Waals surface area contributed by atoms with Crippen molar-refractivity contribution >= 4 is 11.7 Å². The zero-order valence-electron chi connectivity index (χ0n) is 5.84. The van der Waals surface area contributed by atoms with Gasteiger partial charge < -0.3 is 10.2 Å². The summed E-state index contributed by atoms with van der Waals surface area (Å²) in [5, 5.41) is 34.6. The number of hydrogen-bond donors (Lipinski definition) is 6. The van der Waals surface area contributed by atoms with Gasteiger partial charge in [0.15, 0.2) is 24.1 Å². The maximum Gasteiger partial charge on any atom is 0.194 e. The van der Waals surface area contributed by atoms with Gasteiger partial charge in [-0.3, -0.25) is 10.4 Å². The first-order valence-electron chi connectivity index (χ1n) is 3.01. The van der Waals surface area contributed by atoms with Crippen LogP contribution in [-0.4, -0.2) is 44.8 Å². The van der Waals surface area contributed by atoms with Crippen molar-refractivity contribution in [1.82, 2.24) is 11.0 Å². The zero-order valence-corrected chi connectivity index (χ0v) is 5.84. The van der Waals surface area contributed by atoms with Gasteiger partial charge in [0, 0.05) is 0 Å². The molecule has 0 aromatic rings. The molecule has 8 nitrogen and oxygen atoms in total. The van der Waals surface area contributed by atoms with Gasteiger partial charge in [-0.05, 0) is 0 Å². The first-order valence-corrected chi connectivity index (χ1v) is 3.01. The number of aliphatic hydroxyl groups is 2. The molecular weight excluding hydrogens is 168 g/mol. The third-order valence-corrected chi connectivity index (χ3v) is 1.23. The Morgan fingerprint density at radius 1 is 0.917 bits per heavy atom. The Balaban J connectivity index is 2.84. The van der Waals surface area contributed by atoms with Crippen LogP contribution < -0.4 is 11.0 Å². The molecule has 0 saturated carbocycles. The largest absolute Gasteiger partial charge is 0.368 e. The molecule has 6 N–H and O–H groups in total. The Bertz CT molecular complexity index is 203. The quantitative estimate of drug-likeness (QED) is 0.224. The fourth-order valence-electron chi connectivity index (χ4n) is 0.684. The molecule has 1 rings (SSSR count). The van der Waals surface area contributed by atoms with Gasteiger partial charge in [0.05, 0.1) is 0 Å². The number of hydroxylamine groups is 2. The molecule has 0 aliphatic carbocycles. The third-order valence-electron chi connectivity index (χ3n) is 1.23. The molecule has 0 spiro atoms. The first kappa shape index (κ1) is 8.87. The van der Waals surface area contributed by atoms with Crippen molar-refractivity contribution in [2.45, 2.75) is 12.5 Å². The molecule has 12 heavy (non-hydrogen) atoms. The number of aliphatic hydroxyl groups excluding tert-OH is 2. The summed E-state index contributed by atoms with van der Waals surface area (Å²) in [6, 6.07) is 0. The molecule has 0 saturated heterocycles. The predicted molar refractivity (Wildman–Crippen MR) is 36.7 cm³/mol. The monoisotopic (exact) mass is 176 g/mol. The van der Waals surface area contributed by atoms with Gasteiger partial charge >= 0.3 is 0 Å². The summed E-state index contributed by atoms with van der Waals surface area (Å²) in [6.45, 7) is 0. The van der Waals surface area contributed by atoms with Crippen LogP contribution in [0, 0.1) is 0 Å². The molecule has 1 aliphatic heterocycles. The van der Waals surface area contributed by atoms with Gasteiger partial charge in [-0.25, -0.2) is 20.9 Å². The first-order chi connectivity index (χ1) is 5.69. The van der Waals surface area contributed by atoms with Crippen molar-refractivity contribution in [1.29, 1.82) is 0 Å². The minimum absolute atomic E-state index is 0.254. The molecule has 8 heteroatoms. The lowest BCUT2D eigenvalue weighted by atomic mass is 10.4. The second kappa shape index (κ2) is 3.45. The Morgan fingerprint density at radius 2 is 1.25 bits per heavy atom. The summed E-state index contributed by atoms with van der Waals surface area (Å²) in [5.41, 5.74) is 3.16. The summed E-state index contributed by atoms with van der Waals surface area (Å²) in [5.74, 6) is -0.509. The Labute approximate surface area is 66.8 Å².